The van der Waals surface area contributed by atoms with Crippen molar-refractivity contribution in [3.63, 3.8) is 0 Å². The molecule has 4 rings (SSSR count). The van der Waals surface area contributed by atoms with E-state index in [1.807, 2.05) is 6.92 Å². The number of pyridine rings is 1. The van der Waals surface area contributed by atoms with Crippen LogP contribution in [0, 0.1) is 11.7 Å². The summed E-state index contributed by atoms with van der Waals surface area (Å²) in [5, 5.41) is 4.54. The van der Waals surface area contributed by atoms with Crippen LogP contribution in [0.15, 0.2) is 24.7 Å². The lowest BCUT2D eigenvalue weighted by Gasteiger charge is -2.32. The molecule has 3 aromatic heterocycles. The molecule has 152 valence electrons. The first-order valence-electron chi connectivity index (χ1n) is 9.99. The molecule has 2 unspecified atom stereocenters. The van der Waals surface area contributed by atoms with E-state index >= 15 is 0 Å². The maximum absolute atomic E-state index is 14.5. The van der Waals surface area contributed by atoms with Crippen molar-refractivity contribution in [1.29, 1.82) is 0 Å². The first kappa shape index (κ1) is 19.8. The molecule has 29 heavy (non-hydrogen) atoms. The van der Waals surface area contributed by atoms with E-state index in [0.29, 0.717) is 34.9 Å². The molecule has 1 aliphatic rings. The first-order chi connectivity index (χ1) is 14.0. The van der Waals surface area contributed by atoms with Gasteiger partial charge in [0, 0.05) is 42.2 Å². The van der Waals surface area contributed by atoms with Crippen LogP contribution in [0.3, 0.4) is 0 Å². The summed E-state index contributed by atoms with van der Waals surface area (Å²) in [6.07, 6.45) is 9.56. The quantitative estimate of drug-likeness (QED) is 0.581. The highest BCUT2D eigenvalue weighted by molar-refractivity contribution is 6.31. The average molecular weight is 416 g/mol. The van der Waals surface area contributed by atoms with Crippen LogP contribution in [-0.2, 0) is 4.79 Å². The van der Waals surface area contributed by atoms with Gasteiger partial charge in [0.05, 0.1) is 11.2 Å². The SMILES string of the molecule is CCC(=O)CC1CCCCC1Nc1nc(-c2c[nH]c3ncc(Cl)cc23)ncc1F. The lowest BCUT2D eigenvalue weighted by Crippen LogP contribution is -2.34. The molecule has 0 radical (unpaired) electrons. The van der Waals surface area contributed by atoms with Crippen LogP contribution in [0.4, 0.5) is 10.2 Å². The molecule has 0 aliphatic heterocycles. The number of fused-ring (bicyclic) bond motifs is 1. The number of rotatable bonds is 6. The smallest absolute Gasteiger partial charge is 0.183 e. The van der Waals surface area contributed by atoms with Crippen molar-refractivity contribution in [2.75, 3.05) is 5.32 Å². The number of H-pyrrole nitrogens is 1. The zero-order valence-electron chi connectivity index (χ0n) is 16.2. The summed E-state index contributed by atoms with van der Waals surface area (Å²) >= 11 is 6.07. The molecule has 1 saturated carbocycles. The van der Waals surface area contributed by atoms with E-state index in [1.54, 1.807) is 18.5 Å². The van der Waals surface area contributed by atoms with Gasteiger partial charge in [0.25, 0.3) is 0 Å². The largest absolute Gasteiger partial charge is 0.364 e. The zero-order chi connectivity index (χ0) is 20.4. The van der Waals surface area contributed by atoms with Gasteiger partial charge in [-0.3, -0.25) is 4.79 Å². The molecule has 0 amide bonds. The summed E-state index contributed by atoms with van der Waals surface area (Å²) in [5.74, 6) is 0.498. The number of nitrogens with one attached hydrogen (secondary N) is 2. The fourth-order valence-corrected chi connectivity index (χ4v) is 4.17. The molecular formula is C21H23ClFN5O. The molecule has 2 N–H and O–H groups in total. The Morgan fingerprint density at radius 1 is 1.31 bits per heavy atom. The van der Waals surface area contributed by atoms with Crippen LogP contribution in [0.5, 0.6) is 0 Å². The van der Waals surface area contributed by atoms with E-state index in [-0.39, 0.29) is 23.6 Å². The number of carbonyl (C=O) groups is 1. The third-order valence-corrected chi connectivity index (χ3v) is 5.80. The molecule has 2 atom stereocenters. The van der Waals surface area contributed by atoms with Crippen molar-refractivity contribution in [2.24, 2.45) is 5.92 Å². The van der Waals surface area contributed by atoms with Gasteiger partial charge in [0.1, 0.15) is 11.4 Å². The van der Waals surface area contributed by atoms with E-state index < -0.39 is 5.82 Å². The maximum Gasteiger partial charge on any atom is 0.183 e. The second-order valence-electron chi connectivity index (χ2n) is 7.53. The number of aromatic nitrogens is 4. The number of hydrogen-bond donors (Lipinski definition) is 2. The minimum absolute atomic E-state index is 0.0237. The number of halogens is 2. The zero-order valence-corrected chi connectivity index (χ0v) is 17.0. The highest BCUT2D eigenvalue weighted by atomic mass is 35.5. The summed E-state index contributed by atoms with van der Waals surface area (Å²) in [6, 6.07) is 1.80. The fraction of sp³-hybridized carbons (Fsp3) is 0.429. The Kier molecular flexibility index (Phi) is 5.76. The predicted molar refractivity (Wildman–Crippen MR) is 111 cm³/mol. The van der Waals surface area contributed by atoms with E-state index in [4.69, 9.17) is 11.6 Å². The summed E-state index contributed by atoms with van der Waals surface area (Å²) in [5.41, 5.74) is 1.37. The third kappa shape index (κ3) is 4.24. The van der Waals surface area contributed by atoms with Crippen LogP contribution < -0.4 is 5.32 Å². The van der Waals surface area contributed by atoms with Crippen molar-refractivity contribution in [2.45, 2.75) is 51.5 Å². The van der Waals surface area contributed by atoms with Crippen molar-refractivity contribution < 1.29 is 9.18 Å². The monoisotopic (exact) mass is 415 g/mol. The average Bonchev–Trinajstić information content (AvgIpc) is 3.14. The van der Waals surface area contributed by atoms with Crippen molar-refractivity contribution in [3.05, 3.63) is 35.5 Å². The van der Waals surface area contributed by atoms with Crippen LogP contribution in [0.2, 0.25) is 5.02 Å². The normalized spacial score (nSPS) is 19.4. The maximum atomic E-state index is 14.5. The highest BCUT2D eigenvalue weighted by Gasteiger charge is 2.28. The van der Waals surface area contributed by atoms with Gasteiger partial charge in [-0.1, -0.05) is 31.4 Å². The van der Waals surface area contributed by atoms with Gasteiger partial charge >= 0.3 is 0 Å². The van der Waals surface area contributed by atoms with Crippen LogP contribution in [-0.4, -0.2) is 31.8 Å². The molecule has 1 aliphatic carbocycles. The van der Waals surface area contributed by atoms with Crippen LogP contribution in [0.1, 0.15) is 45.4 Å². The molecule has 1 fully saturated rings. The van der Waals surface area contributed by atoms with Gasteiger partial charge in [-0.25, -0.2) is 19.3 Å². The molecule has 0 saturated heterocycles. The van der Waals surface area contributed by atoms with Crippen LogP contribution >= 0.6 is 11.6 Å². The number of hydrogen-bond acceptors (Lipinski definition) is 5. The standard InChI is InChI=1S/C21H23ClFN5O/c1-2-14(29)7-12-5-3-4-6-18(12)27-21-17(23)11-26-20(28-21)16-10-25-19-15(16)8-13(22)9-24-19/h8-12,18H,2-7H2,1H3,(H,24,25)(H,26,27,28). The molecule has 8 heteroatoms. The van der Waals surface area contributed by atoms with Gasteiger partial charge in [0.15, 0.2) is 17.5 Å². The molecule has 0 bridgehead atoms. The van der Waals surface area contributed by atoms with Crippen molar-refractivity contribution in [3.8, 4) is 11.4 Å². The Morgan fingerprint density at radius 3 is 2.97 bits per heavy atom. The second kappa shape index (κ2) is 8.45. The summed E-state index contributed by atoms with van der Waals surface area (Å²) in [6.45, 7) is 1.88. The van der Waals surface area contributed by atoms with E-state index in [0.717, 1.165) is 31.1 Å². The number of anilines is 1. The number of aromatic amines is 1. The molecule has 6 nitrogen and oxygen atoms in total. The first-order valence-corrected chi connectivity index (χ1v) is 10.4. The lowest BCUT2D eigenvalue weighted by atomic mass is 9.81. The number of carbonyl (C=O) groups excluding carboxylic acids is 1. The van der Waals surface area contributed by atoms with E-state index in [1.165, 1.54) is 6.20 Å². The van der Waals surface area contributed by atoms with E-state index in [2.05, 4.69) is 25.3 Å². The Hall–Kier alpha value is -2.54. The second-order valence-corrected chi connectivity index (χ2v) is 7.97. The summed E-state index contributed by atoms with van der Waals surface area (Å²) < 4.78 is 14.5. The molecule has 0 spiro atoms. The summed E-state index contributed by atoms with van der Waals surface area (Å²) in [7, 11) is 0. The van der Waals surface area contributed by atoms with Gasteiger partial charge < -0.3 is 10.3 Å². The Morgan fingerprint density at radius 2 is 2.14 bits per heavy atom. The number of Topliss-reactive ketones (excluding diaryl/α,β-unsaturated/α-hetero) is 1. The number of ketones is 1. The van der Waals surface area contributed by atoms with Crippen molar-refractivity contribution in [1.82, 2.24) is 19.9 Å². The Balaban J connectivity index is 1.62. The Labute approximate surface area is 173 Å². The minimum Gasteiger partial charge on any atom is -0.364 e. The van der Waals surface area contributed by atoms with Gasteiger partial charge in [0.2, 0.25) is 0 Å². The van der Waals surface area contributed by atoms with Crippen LogP contribution in [0.25, 0.3) is 22.4 Å². The van der Waals surface area contributed by atoms with Gasteiger partial charge in [-0.15, -0.1) is 0 Å². The topological polar surface area (TPSA) is 83.6 Å². The molecule has 3 heterocycles. The predicted octanol–water partition coefficient (Wildman–Crippen LogP) is 5.15. The minimum atomic E-state index is -0.504. The third-order valence-electron chi connectivity index (χ3n) is 5.60. The molecule has 3 aromatic rings. The van der Waals surface area contributed by atoms with Gasteiger partial charge in [-0.2, -0.15) is 0 Å². The molecule has 0 aromatic carbocycles. The lowest BCUT2D eigenvalue weighted by molar-refractivity contribution is -0.119. The van der Waals surface area contributed by atoms with E-state index in [9.17, 15) is 9.18 Å². The molecular weight excluding hydrogens is 393 g/mol. The number of nitrogens with zero attached hydrogens (tertiary/aromatic N) is 3. The Bertz CT molecular complexity index is 1040. The van der Waals surface area contributed by atoms with Crippen molar-refractivity contribution >= 4 is 34.2 Å². The fourth-order valence-electron chi connectivity index (χ4n) is 4.02. The summed E-state index contributed by atoms with van der Waals surface area (Å²) in [4.78, 5) is 27.9. The van der Waals surface area contributed by atoms with Gasteiger partial charge in [-0.05, 0) is 24.8 Å². The highest BCUT2D eigenvalue weighted by Crippen LogP contribution is 2.32.